The van der Waals surface area contributed by atoms with Gasteiger partial charge < -0.3 is 14.7 Å². The minimum Gasteiger partial charge on any atom is -0.496 e. The van der Waals surface area contributed by atoms with Crippen LogP contribution in [0.1, 0.15) is 30.4 Å². The van der Waals surface area contributed by atoms with Gasteiger partial charge in [0, 0.05) is 25.2 Å². The van der Waals surface area contributed by atoms with Crippen LogP contribution >= 0.6 is 0 Å². The average molecular weight is 318 g/mol. The van der Waals surface area contributed by atoms with Gasteiger partial charge in [0.15, 0.2) is 0 Å². The van der Waals surface area contributed by atoms with Crippen LogP contribution in [-0.2, 0) is 17.9 Å². The minimum atomic E-state index is -0.631. The van der Waals surface area contributed by atoms with E-state index in [0.29, 0.717) is 0 Å². The van der Waals surface area contributed by atoms with Crippen LogP contribution in [0.25, 0.3) is 0 Å². The van der Waals surface area contributed by atoms with E-state index in [2.05, 4.69) is 21.9 Å². The Morgan fingerprint density at radius 1 is 1.22 bits per heavy atom. The Hall–Kier alpha value is -1.59. The molecule has 0 aromatic heterocycles. The van der Waals surface area contributed by atoms with E-state index in [-0.39, 0.29) is 5.92 Å². The Bertz CT molecular complexity index is 553. The normalized spacial score (nSPS) is 19.7. The molecule has 0 bridgehead atoms. The van der Waals surface area contributed by atoms with Gasteiger partial charge in [-0.25, -0.2) is 0 Å². The number of ether oxygens (including phenoxy) is 1. The van der Waals surface area contributed by atoms with Gasteiger partial charge in [-0.3, -0.25) is 9.69 Å². The zero-order valence-corrected chi connectivity index (χ0v) is 13.8. The van der Waals surface area contributed by atoms with Crippen molar-refractivity contribution in [2.75, 3.05) is 33.3 Å². The number of carboxylic acids is 1. The van der Waals surface area contributed by atoms with Crippen molar-refractivity contribution in [3.8, 4) is 5.75 Å². The number of nitrogens with zero attached hydrogens (tertiary/aromatic N) is 2. The zero-order chi connectivity index (χ0) is 16.2. The van der Waals surface area contributed by atoms with Crippen molar-refractivity contribution in [3.05, 3.63) is 29.3 Å². The molecule has 23 heavy (non-hydrogen) atoms. The maximum Gasteiger partial charge on any atom is 0.306 e. The summed E-state index contributed by atoms with van der Waals surface area (Å²) >= 11 is 0. The Morgan fingerprint density at radius 3 is 2.65 bits per heavy atom. The topological polar surface area (TPSA) is 53.0 Å². The summed E-state index contributed by atoms with van der Waals surface area (Å²) in [5.74, 6) is 0.237. The van der Waals surface area contributed by atoms with Crippen LogP contribution < -0.4 is 4.74 Å². The molecule has 1 aromatic carbocycles. The van der Waals surface area contributed by atoms with Gasteiger partial charge in [-0.1, -0.05) is 12.1 Å². The van der Waals surface area contributed by atoms with Gasteiger partial charge in [0.25, 0.3) is 0 Å². The summed E-state index contributed by atoms with van der Waals surface area (Å²) in [7, 11) is 1.74. The number of carbonyl (C=O) groups is 1. The number of aliphatic carboxylic acids is 1. The summed E-state index contributed by atoms with van der Waals surface area (Å²) in [6, 6.07) is 6.29. The first-order chi connectivity index (χ1) is 11.2. The van der Waals surface area contributed by atoms with Gasteiger partial charge in [0.2, 0.25) is 0 Å². The van der Waals surface area contributed by atoms with Crippen molar-refractivity contribution in [2.45, 2.75) is 32.4 Å². The van der Waals surface area contributed by atoms with E-state index in [1.54, 1.807) is 7.11 Å². The van der Waals surface area contributed by atoms with Crippen LogP contribution in [0.4, 0.5) is 0 Å². The molecule has 1 fully saturated rings. The number of carboxylic acid groups (broad SMARTS) is 1. The predicted molar refractivity (Wildman–Crippen MR) is 88.5 cm³/mol. The first-order valence-corrected chi connectivity index (χ1v) is 8.49. The number of rotatable bonds is 6. The molecule has 0 amide bonds. The Kier molecular flexibility index (Phi) is 5.18. The first kappa shape index (κ1) is 16.3. The molecule has 0 atom stereocenters. The lowest BCUT2D eigenvalue weighted by molar-refractivity contribution is -0.143. The maximum absolute atomic E-state index is 11.0. The second-order valence-electron chi connectivity index (χ2n) is 6.62. The highest BCUT2D eigenvalue weighted by molar-refractivity contribution is 5.70. The number of benzene rings is 1. The standard InChI is InChI=1S/C18H26N2O3/c1-23-17-5-2-4-15-12-20(13-16(15)17)9-3-8-19-10-6-14(7-11-19)18(21)22/h2,4-5,14H,3,6-13H2,1H3,(H,21,22). The van der Waals surface area contributed by atoms with Crippen LogP contribution in [0.2, 0.25) is 0 Å². The molecule has 0 unspecified atom stereocenters. The van der Waals surface area contributed by atoms with Crippen molar-refractivity contribution in [1.29, 1.82) is 0 Å². The summed E-state index contributed by atoms with van der Waals surface area (Å²) in [5.41, 5.74) is 2.71. The first-order valence-electron chi connectivity index (χ1n) is 8.49. The molecule has 0 saturated carbocycles. The van der Waals surface area contributed by atoms with Gasteiger partial charge >= 0.3 is 5.97 Å². The Balaban J connectivity index is 1.40. The lowest BCUT2D eigenvalue weighted by Crippen LogP contribution is -2.37. The van der Waals surface area contributed by atoms with Crippen LogP contribution in [0, 0.1) is 5.92 Å². The number of hydrogen-bond donors (Lipinski definition) is 1. The molecule has 5 nitrogen and oxygen atoms in total. The van der Waals surface area contributed by atoms with Gasteiger partial charge in [-0.2, -0.15) is 0 Å². The van der Waals surface area contributed by atoms with Gasteiger partial charge in [0.05, 0.1) is 13.0 Å². The third-order valence-electron chi connectivity index (χ3n) is 5.11. The third-order valence-corrected chi connectivity index (χ3v) is 5.11. The van der Waals surface area contributed by atoms with Crippen LogP contribution in [-0.4, -0.2) is 54.2 Å². The fraction of sp³-hybridized carbons (Fsp3) is 0.611. The fourth-order valence-corrected chi connectivity index (χ4v) is 3.73. The molecule has 3 rings (SSSR count). The largest absolute Gasteiger partial charge is 0.496 e. The molecule has 126 valence electrons. The van der Waals surface area contributed by atoms with Gasteiger partial charge in [0.1, 0.15) is 5.75 Å². The predicted octanol–water partition coefficient (Wildman–Crippen LogP) is 2.20. The van der Waals surface area contributed by atoms with Gasteiger partial charge in [-0.05, 0) is 50.5 Å². The molecule has 1 N–H and O–H groups in total. The number of piperidine rings is 1. The van der Waals surface area contributed by atoms with Crippen LogP contribution in [0.15, 0.2) is 18.2 Å². The molecular weight excluding hydrogens is 292 g/mol. The van der Waals surface area contributed by atoms with Crippen molar-refractivity contribution in [2.24, 2.45) is 5.92 Å². The molecule has 0 aliphatic carbocycles. The molecule has 1 aromatic rings. The second-order valence-corrected chi connectivity index (χ2v) is 6.62. The summed E-state index contributed by atoms with van der Waals surface area (Å²) in [6.07, 6.45) is 2.72. The smallest absolute Gasteiger partial charge is 0.306 e. The molecule has 5 heteroatoms. The minimum absolute atomic E-state index is 0.133. The quantitative estimate of drug-likeness (QED) is 0.871. The van der Waals surface area contributed by atoms with E-state index >= 15 is 0 Å². The Morgan fingerprint density at radius 2 is 1.96 bits per heavy atom. The number of methoxy groups -OCH3 is 1. The van der Waals surface area contributed by atoms with E-state index in [0.717, 1.165) is 64.3 Å². The molecule has 1 saturated heterocycles. The fourth-order valence-electron chi connectivity index (χ4n) is 3.73. The average Bonchev–Trinajstić information content (AvgIpc) is 2.98. The molecule has 2 aliphatic heterocycles. The molecule has 2 aliphatic rings. The summed E-state index contributed by atoms with van der Waals surface area (Å²) in [6.45, 7) is 5.97. The highest BCUT2D eigenvalue weighted by Crippen LogP contribution is 2.30. The second kappa shape index (κ2) is 7.32. The van der Waals surface area contributed by atoms with E-state index in [1.807, 2.05) is 6.07 Å². The van der Waals surface area contributed by atoms with E-state index in [1.165, 1.54) is 11.1 Å². The molecule has 0 spiro atoms. The van der Waals surface area contributed by atoms with Crippen LogP contribution in [0.3, 0.4) is 0 Å². The van der Waals surface area contributed by atoms with Crippen molar-refractivity contribution < 1.29 is 14.6 Å². The maximum atomic E-state index is 11.0. The monoisotopic (exact) mass is 318 g/mol. The summed E-state index contributed by atoms with van der Waals surface area (Å²) in [5, 5.41) is 9.04. The SMILES string of the molecule is COc1cccc2c1CN(CCCN1CCC(C(=O)O)CC1)C2. The van der Waals surface area contributed by atoms with Crippen molar-refractivity contribution in [3.63, 3.8) is 0 Å². The number of fused-ring (bicyclic) bond motifs is 1. The lowest BCUT2D eigenvalue weighted by atomic mass is 9.97. The van der Waals surface area contributed by atoms with Gasteiger partial charge in [-0.15, -0.1) is 0 Å². The molecular formula is C18H26N2O3. The number of likely N-dealkylation sites (tertiary alicyclic amines) is 1. The highest BCUT2D eigenvalue weighted by atomic mass is 16.5. The Labute approximate surface area is 137 Å². The lowest BCUT2D eigenvalue weighted by Gasteiger charge is -2.30. The third kappa shape index (κ3) is 3.85. The number of hydrogen-bond acceptors (Lipinski definition) is 4. The van der Waals surface area contributed by atoms with E-state index in [9.17, 15) is 4.79 Å². The zero-order valence-electron chi connectivity index (χ0n) is 13.8. The summed E-state index contributed by atoms with van der Waals surface area (Å²) < 4.78 is 5.45. The summed E-state index contributed by atoms with van der Waals surface area (Å²) in [4.78, 5) is 15.8. The van der Waals surface area contributed by atoms with E-state index in [4.69, 9.17) is 9.84 Å². The van der Waals surface area contributed by atoms with Crippen LogP contribution in [0.5, 0.6) is 5.75 Å². The molecule has 2 heterocycles. The van der Waals surface area contributed by atoms with E-state index < -0.39 is 5.97 Å². The van der Waals surface area contributed by atoms with Crippen molar-refractivity contribution >= 4 is 5.97 Å². The molecule has 0 radical (unpaired) electrons. The highest BCUT2D eigenvalue weighted by Gasteiger charge is 2.25. The van der Waals surface area contributed by atoms with Crippen molar-refractivity contribution in [1.82, 2.24) is 9.80 Å².